The lowest BCUT2D eigenvalue weighted by Gasteiger charge is -2.26. The third-order valence-electron chi connectivity index (χ3n) is 4.02. The van der Waals surface area contributed by atoms with Gasteiger partial charge in [0.2, 0.25) is 0 Å². The first-order valence-electron chi connectivity index (χ1n) is 7.63. The number of hydrogen-bond donors (Lipinski definition) is 1. The molecule has 2 rings (SSSR count). The van der Waals surface area contributed by atoms with Crippen LogP contribution in [0.3, 0.4) is 0 Å². The lowest BCUT2D eigenvalue weighted by Crippen LogP contribution is -2.39. The van der Waals surface area contributed by atoms with Crippen LogP contribution in [0.15, 0.2) is 10.6 Å². The first-order chi connectivity index (χ1) is 10.0. The average molecular weight is 295 g/mol. The molecule has 0 radical (unpaired) electrons. The molecule has 0 spiro atoms. The topological polar surface area (TPSA) is 69.8 Å². The van der Waals surface area contributed by atoms with Crippen LogP contribution in [0.5, 0.6) is 0 Å². The van der Waals surface area contributed by atoms with E-state index in [-0.39, 0.29) is 24.5 Å². The van der Waals surface area contributed by atoms with Crippen LogP contribution < -0.4 is 0 Å². The molecule has 1 saturated heterocycles. The molecule has 0 aromatic carbocycles. The summed E-state index contributed by atoms with van der Waals surface area (Å²) in [5, 5.41) is 13.1. The minimum atomic E-state index is -0.0656. The maximum atomic E-state index is 12.5. The van der Waals surface area contributed by atoms with Gasteiger partial charge in [-0.3, -0.25) is 9.69 Å². The van der Waals surface area contributed by atoms with Crippen molar-refractivity contribution in [3.63, 3.8) is 0 Å². The molecule has 6 heteroatoms. The molecule has 1 aliphatic heterocycles. The maximum Gasteiger partial charge on any atom is 0.276 e. The quantitative estimate of drug-likeness (QED) is 0.907. The van der Waals surface area contributed by atoms with Gasteiger partial charge in [-0.1, -0.05) is 19.0 Å². The van der Waals surface area contributed by atoms with Gasteiger partial charge in [-0.25, -0.2) is 0 Å². The Morgan fingerprint density at radius 3 is 2.71 bits per heavy atom. The third-order valence-corrected chi connectivity index (χ3v) is 4.02. The SMILES string of the molecule is CC(C)c1cc(C(=O)N2CCCN([C@H](C)CO)CC2)no1. The van der Waals surface area contributed by atoms with Crippen LogP contribution >= 0.6 is 0 Å². The van der Waals surface area contributed by atoms with Gasteiger partial charge in [0.1, 0.15) is 5.76 Å². The maximum absolute atomic E-state index is 12.5. The van der Waals surface area contributed by atoms with Crippen LogP contribution in [0.25, 0.3) is 0 Å². The van der Waals surface area contributed by atoms with E-state index in [0.29, 0.717) is 12.2 Å². The fourth-order valence-electron chi connectivity index (χ4n) is 2.52. The summed E-state index contributed by atoms with van der Waals surface area (Å²) in [4.78, 5) is 16.5. The summed E-state index contributed by atoms with van der Waals surface area (Å²) in [5.74, 6) is 0.900. The van der Waals surface area contributed by atoms with E-state index >= 15 is 0 Å². The van der Waals surface area contributed by atoms with E-state index in [2.05, 4.69) is 10.1 Å². The Hall–Kier alpha value is -1.40. The summed E-state index contributed by atoms with van der Waals surface area (Å²) >= 11 is 0. The molecule has 6 nitrogen and oxygen atoms in total. The van der Waals surface area contributed by atoms with Gasteiger partial charge in [0, 0.05) is 44.2 Å². The summed E-state index contributed by atoms with van der Waals surface area (Å²) in [5.41, 5.74) is 0.391. The van der Waals surface area contributed by atoms with Crippen molar-refractivity contribution in [2.24, 2.45) is 0 Å². The number of aliphatic hydroxyl groups excluding tert-OH is 1. The second-order valence-corrected chi connectivity index (χ2v) is 5.98. The highest BCUT2D eigenvalue weighted by atomic mass is 16.5. The molecular weight excluding hydrogens is 270 g/mol. The number of hydrogen-bond acceptors (Lipinski definition) is 5. The summed E-state index contributed by atoms with van der Waals surface area (Å²) in [6.07, 6.45) is 0.908. The Labute approximate surface area is 125 Å². The van der Waals surface area contributed by atoms with E-state index in [0.717, 1.165) is 31.8 Å². The molecule has 0 aliphatic carbocycles. The fourth-order valence-corrected chi connectivity index (χ4v) is 2.52. The Morgan fingerprint density at radius 1 is 1.33 bits per heavy atom. The van der Waals surface area contributed by atoms with Crippen molar-refractivity contribution >= 4 is 5.91 Å². The normalized spacial score (nSPS) is 18.8. The number of nitrogens with zero attached hydrogens (tertiary/aromatic N) is 3. The first kappa shape index (κ1) is 16.0. The average Bonchev–Trinajstić information content (AvgIpc) is 2.84. The van der Waals surface area contributed by atoms with Gasteiger partial charge in [0.15, 0.2) is 5.69 Å². The largest absolute Gasteiger partial charge is 0.395 e. The zero-order valence-electron chi connectivity index (χ0n) is 13.1. The van der Waals surface area contributed by atoms with Gasteiger partial charge >= 0.3 is 0 Å². The summed E-state index contributed by atoms with van der Waals surface area (Å²) < 4.78 is 5.21. The van der Waals surface area contributed by atoms with Crippen molar-refractivity contribution in [2.45, 2.75) is 39.2 Å². The highest BCUT2D eigenvalue weighted by molar-refractivity contribution is 5.92. The van der Waals surface area contributed by atoms with Crippen molar-refractivity contribution in [1.82, 2.24) is 15.0 Å². The first-order valence-corrected chi connectivity index (χ1v) is 7.63. The molecule has 1 fully saturated rings. The lowest BCUT2D eigenvalue weighted by molar-refractivity contribution is 0.0743. The second-order valence-electron chi connectivity index (χ2n) is 5.98. The van der Waals surface area contributed by atoms with Gasteiger partial charge < -0.3 is 14.5 Å². The number of aliphatic hydroxyl groups is 1. The number of carbonyl (C=O) groups is 1. The number of amides is 1. The van der Waals surface area contributed by atoms with Crippen LogP contribution in [0.2, 0.25) is 0 Å². The van der Waals surface area contributed by atoms with Crippen LogP contribution in [-0.4, -0.2) is 64.8 Å². The van der Waals surface area contributed by atoms with E-state index < -0.39 is 0 Å². The van der Waals surface area contributed by atoms with E-state index in [1.54, 1.807) is 6.07 Å². The Morgan fingerprint density at radius 2 is 2.10 bits per heavy atom. The zero-order chi connectivity index (χ0) is 15.4. The van der Waals surface area contributed by atoms with Crippen molar-refractivity contribution in [3.8, 4) is 0 Å². The molecule has 2 heterocycles. The monoisotopic (exact) mass is 295 g/mol. The van der Waals surface area contributed by atoms with E-state index in [9.17, 15) is 9.90 Å². The molecule has 1 aromatic rings. The standard InChI is InChI=1S/C15H25N3O3/c1-11(2)14-9-13(16-21-14)15(20)18-6-4-5-17(7-8-18)12(3)10-19/h9,11-12,19H,4-8,10H2,1-3H3/t12-/m1/s1. The molecule has 1 aromatic heterocycles. The Bertz CT molecular complexity index is 472. The molecule has 1 N–H and O–H groups in total. The van der Waals surface area contributed by atoms with Gasteiger partial charge in [-0.15, -0.1) is 0 Å². The van der Waals surface area contributed by atoms with E-state index in [4.69, 9.17) is 4.52 Å². The van der Waals surface area contributed by atoms with Gasteiger partial charge in [0.25, 0.3) is 5.91 Å². The van der Waals surface area contributed by atoms with E-state index in [1.807, 2.05) is 25.7 Å². The summed E-state index contributed by atoms with van der Waals surface area (Å²) in [7, 11) is 0. The Kier molecular flexibility index (Phi) is 5.36. The zero-order valence-corrected chi connectivity index (χ0v) is 13.1. The van der Waals surface area contributed by atoms with Crippen LogP contribution in [-0.2, 0) is 0 Å². The summed E-state index contributed by atoms with van der Waals surface area (Å²) in [6, 6.07) is 1.88. The minimum absolute atomic E-state index is 0.0656. The second kappa shape index (κ2) is 7.04. The number of aromatic nitrogens is 1. The van der Waals surface area contributed by atoms with Crippen LogP contribution in [0.1, 0.15) is 49.4 Å². The third kappa shape index (κ3) is 3.83. The van der Waals surface area contributed by atoms with Crippen LogP contribution in [0, 0.1) is 0 Å². The molecule has 1 aliphatic rings. The number of carbonyl (C=O) groups excluding carboxylic acids is 1. The predicted molar refractivity (Wildman–Crippen MR) is 79.2 cm³/mol. The van der Waals surface area contributed by atoms with Gasteiger partial charge in [-0.05, 0) is 13.3 Å². The van der Waals surface area contributed by atoms with Gasteiger partial charge in [0.05, 0.1) is 6.61 Å². The molecule has 1 atom stereocenters. The molecule has 0 unspecified atom stereocenters. The highest BCUT2D eigenvalue weighted by Crippen LogP contribution is 2.17. The molecule has 0 bridgehead atoms. The highest BCUT2D eigenvalue weighted by Gasteiger charge is 2.24. The minimum Gasteiger partial charge on any atom is -0.395 e. The fraction of sp³-hybridized carbons (Fsp3) is 0.733. The summed E-state index contributed by atoms with van der Waals surface area (Å²) in [6.45, 7) is 9.23. The molecule has 21 heavy (non-hydrogen) atoms. The molecule has 0 saturated carbocycles. The van der Waals surface area contributed by atoms with Crippen LogP contribution in [0.4, 0.5) is 0 Å². The Balaban J connectivity index is 1.99. The predicted octanol–water partition coefficient (Wildman–Crippen LogP) is 1.33. The lowest BCUT2D eigenvalue weighted by atomic mass is 10.1. The molecular formula is C15H25N3O3. The van der Waals surface area contributed by atoms with Crippen molar-refractivity contribution in [1.29, 1.82) is 0 Å². The van der Waals surface area contributed by atoms with Crippen molar-refractivity contribution < 1.29 is 14.4 Å². The molecule has 118 valence electrons. The molecule has 1 amide bonds. The van der Waals surface area contributed by atoms with Gasteiger partial charge in [-0.2, -0.15) is 0 Å². The smallest absolute Gasteiger partial charge is 0.276 e. The number of rotatable bonds is 4. The van der Waals surface area contributed by atoms with Crippen molar-refractivity contribution in [3.05, 3.63) is 17.5 Å². The van der Waals surface area contributed by atoms with Crippen molar-refractivity contribution in [2.75, 3.05) is 32.8 Å². The van der Waals surface area contributed by atoms with E-state index in [1.165, 1.54) is 0 Å².